The molecule has 1 atom stereocenters. The van der Waals surface area contributed by atoms with Gasteiger partial charge >= 0.3 is 0 Å². The summed E-state index contributed by atoms with van der Waals surface area (Å²) >= 11 is 0. The number of nitrogens with zero attached hydrogens (tertiary/aromatic N) is 2. The number of carbonyl (C=O) groups is 1. The first-order valence-electron chi connectivity index (χ1n) is 6.23. The third kappa shape index (κ3) is 3.33. The third-order valence-electron chi connectivity index (χ3n) is 3.06. The zero-order valence-corrected chi connectivity index (χ0v) is 11.3. The fourth-order valence-electron chi connectivity index (χ4n) is 1.93. The lowest BCUT2D eigenvalue weighted by atomic mass is 10.1. The van der Waals surface area contributed by atoms with E-state index in [0.717, 1.165) is 5.56 Å². The predicted molar refractivity (Wildman–Crippen MR) is 77.9 cm³/mol. The molecule has 7 heteroatoms. The second kappa shape index (κ2) is 6.00. The smallest absolute Gasteiger partial charge is 0.292 e. The van der Waals surface area contributed by atoms with Gasteiger partial charge in [0.1, 0.15) is 5.69 Å². The fourth-order valence-corrected chi connectivity index (χ4v) is 1.93. The van der Waals surface area contributed by atoms with E-state index in [9.17, 15) is 14.9 Å². The van der Waals surface area contributed by atoms with Gasteiger partial charge in [-0.2, -0.15) is 0 Å². The minimum absolute atomic E-state index is 0.110. The van der Waals surface area contributed by atoms with Crippen molar-refractivity contribution in [3.8, 4) is 0 Å². The number of pyridine rings is 1. The lowest BCUT2D eigenvalue weighted by Gasteiger charge is -2.16. The number of nitro benzene ring substituents is 1. The van der Waals surface area contributed by atoms with Gasteiger partial charge in [0, 0.05) is 30.1 Å². The van der Waals surface area contributed by atoms with Gasteiger partial charge in [-0.25, -0.2) is 0 Å². The molecular weight excluding hydrogens is 272 g/mol. The molecule has 0 spiro atoms. The number of aromatic nitrogens is 1. The van der Waals surface area contributed by atoms with Gasteiger partial charge in [0.25, 0.3) is 5.69 Å². The Bertz CT molecular complexity index is 673. The Kier molecular flexibility index (Phi) is 4.13. The van der Waals surface area contributed by atoms with Crippen molar-refractivity contribution in [2.75, 3.05) is 5.32 Å². The van der Waals surface area contributed by atoms with Crippen LogP contribution >= 0.6 is 0 Å². The molecule has 7 nitrogen and oxygen atoms in total. The van der Waals surface area contributed by atoms with E-state index in [1.807, 2.05) is 6.92 Å². The van der Waals surface area contributed by atoms with Gasteiger partial charge < -0.3 is 11.1 Å². The standard InChI is InChI=1S/C14H14N4O3/c1-9(10-4-6-16-7-5-10)17-12-8-11(14(15)19)2-3-13(12)18(20)21/h2-9,17H,1H3,(H2,15,19). The van der Waals surface area contributed by atoms with Crippen molar-refractivity contribution in [1.29, 1.82) is 0 Å². The van der Waals surface area contributed by atoms with Crippen LogP contribution in [-0.4, -0.2) is 15.8 Å². The average molecular weight is 286 g/mol. The van der Waals surface area contributed by atoms with E-state index in [1.54, 1.807) is 24.5 Å². The van der Waals surface area contributed by atoms with E-state index >= 15 is 0 Å². The first kappa shape index (κ1) is 14.4. The maximum Gasteiger partial charge on any atom is 0.292 e. The first-order chi connectivity index (χ1) is 9.99. The van der Waals surface area contributed by atoms with Crippen LogP contribution < -0.4 is 11.1 Å². The van der Waals surface area contributed by atoms with E-state index in [2.05, 4.69) is 10.3 Å². The molecule has 0 fully saturated rings. The van der Waals surface area contributed by atoms with Gasteiger partial charge in [0.05, 0.1) is 4.92 Å². The molecule has 0 aliphatic heterocycles. The summed E-state index contributed by atoms with van der Waals surface area (Å²) in [6.45, 7) is 1.86. The summed E-state index contributed by atoms with van der Waals surface area (Å²) in [5.41, 5.74) is 6.48. The zero-order chi connectivity index (χ0) is 15.4. The Balaban J connectivity index is 2.35. The van der Waals surface area contributed by atoms with Crippen LogP contribution in [0.25, 0.3) is 0 Å². The van der Waals surface area contributed by atoms with E-state index < -0.39 is 10.8 Å². The van der Waals surface area contributed by atoms with Crippen molar-refractivity contribution in [3.05, 3.63) is 64.0 Å². The molecule has 1 heterocycles. The lowest BCUT2D eigenvalue weighted by molar-refractivity contribution is -0.384. The number of rotatable bonds is 5. The summed E-state index contributed by atoms with van der Waals surface area (Å²) in [6, 6.07) is 7.42. The van der Waals surface area contributed by atoms with Crippen molar-refractivity contribution >= 4 is 17.3 Å². The maximum absolute atomic E-state index is 11.2. The van der Waals surface area contributed by atoms with Crippen LogP contribution in [0.4, 0.5) is 11.4 Å². The van der Waals surface area contributed by atoms with E-state index in [4.69, 9.17) is 5.73 Å². The summed E-state index contributed by atoms with van der Waals surface area (Å²) in [7, 11) is 0. The van der Waals surface area contributed by atoms with Gasteiger partial charge in [0.15, 0.2) is 0 Å². The molecule has 108 valence electrons. The average Bonchev–Trinajstić information content (AvgIpc) is 2.47. The van der Waals surface area contributed by atoms with Crippen LogP contribution in [0.1, 0.15) is 28.9 Å². The molecule has 0 aliphatic rings. The molecule has 3 N–H and O–H groups in total. The van der Waals surface area contributed by atoms with Crippen LogP contribution in [0.2, 0.25) is 0 Å². The van der Waals surface area contributed by atoms with Crippen molar-refractivity contribution in [1.82, 2.24) is 4.98 Å². The monoisotopic (exact) mass is 286 g/mol. The number of nitrogens with one attached hydrogen (secondary N) is 1. The summed E-state index contributed by atoms with van der Waals surface area (Å²) in [6.07, 6.45) is 3.28. The summed E-state index contributed by atoms with van der Waals surface area (Å²) in [4.78, 5) is 25.7. The highest BCUT2D eigenvalue weighted by Crippen LogP contribution is 2.29. The van der Waals surface area contributed by atoms with Crippen LogP contribution in [0.15, 0.2) is 42.7 Å². The number of primary amides is 1. The van der Waals surface area contributed by atoms with Crippen LogP contribution in [-0.2, 0) is 0 Å². The second-order valence-electron chi connectivity index (χ2n) is 4.50. The number of benzene rings is 1. The molecule has 1 amide bonds. The SMILES string of the molecule is CC(Nc1cc(C(N)=O)ccc1[N+](=O)[O-])c1ccncc1. The quantitative estimate of drug-likeness (QED) is 0.646. The third-order valence-corrected chi connectivity index (χ3v) is 3.06. The van der Waals surface area contributed by atoms with Gasteiger partial charge in [-0.1, -0.05) is 0 Å². The Hall–Kier alpha value is -2.96. The topological polar surface area (TPSA) is 111 Å². The number of nitrogens with two attached hydrogens (primary N) is 1. The summed E-state index contributed by atoms with van der Waals surface area (Å²) < 4.78 is 0. The van der Waals surface area contributed by atoms with Crippen molar-refractivity contribution in [2.24, 2.45) is 5.73 Å². The number of amides is 1. The molecule has 0 saturated heterocycles. The molecule has 0 radical (unpaired) electrons. The van der Waals surface area contributed by atoms with Crippen molar-refractivity contribution in [3.63, 3.8) is 0 Å². The summed E-state index contributed by atoms with van der Waals surface area (Å²) in [5, 5.41) is 14.1. The molecule has 1 unspecified atom stereocenters. The van der Waals surface area contributed by atoms with E-state index in [1.165, 1.54) is 18.2 Å². The molecule has 2 aromatic rings. The molecule has 2 rings (SSSR count). The molecule has 0 saturated carbocycles. The van der Waals surface area contributed by atoms with E-state index in [0.29, 0.717) is 0 Å². The van der Waals surface area contributed by atoms with Gasteiger partial charge in [-0.05, 0) is 36.8 Å². The van der Waals surface area contributed by atoms with Crippen molar-refractivity contribution in [2.45, 2.75) is 13.0 Å². The minimum atomic E-state index is -0.635. The highest BCUT2D eigenvalue weighted by molar-refractivity contribution is 5.94. The normalized spacial score (nSPS) is 11.7. The van der Waals surface area contributed by atoms with E-state index in [-0.39, 0.29) is 23.0 Å². The van der Waals surface area contributed by atoms with Crippen LogP contribution in [0.3, 0.4) is 0 Å². The fraction of sp³-hybridized carbons (Fsp3) is 0.143. The lowest BCUT2D eigenvalue weighted by Crippen LogP contribution is -2.13. The molecule has 1 aromatic carbocycles. The molecular formula is C14H14N4O3. The second-order valence-corrected chi connectivity index (χ2v) is 4.50. The van der Waals surface area contributed by atoms with Crippen LogP contribution in [0, 0.1) is 10.1 Å². The molecule has 21 heavy (non-hydrogen) atoms. The molecule has 1 aromatic heterocycles. The number of nitro groups is 1. The first-order valence-corrected chi connectivity index (χ1v) is 6.23. The van der Waals surface area contributed by atoms with Gasteiger partial charge in [-0.15, -0.1) is 0 Å². The van der Waals surface area contributed by atoms with Gasteiger partial charge in [-0.3, -0.25) is 19.9 Å². The minimum Gasteiger partial charge on any atom is -0.373 e. The largest absolute Gasteiger partial charge is 0.373 e. The summed E-state index contributed by atoms with van der Waals surface area (Å²) in [5.74, 6) is -0.635. The van der Waals surface area contributed by atoms with Crippen LogP contribution in [0.5, 0.6) is 0 Å². The number of hydrogen-bond acceptors (Lipinski definition) is 5. The van der Waals surface area contributed by atoms with Gasteiger partial charge in [0.2, 0.25) is 5.91 Å². The molecule has 0 bridgehead atoms. The Morgan fingerprint density at radius 1 is 1.33 bits per heavy atom. The highest BCUT2D eigenvalue weighted by atomic mass is 16.6. The number of carbonyl (C=O) groups excluding carboxylic acids is 1. The maximum atomic E-state index is 11.2. The molecule has 0 aliphatic carbocycles. The number of anilines is 1. The Morgan fingerprint density at radius 2 is 2.00 bits per heavy atom. The predicted octanol–water partition coefficient (Wildman–Crippen LogP) is 2.26. The zero-order valence-electron chi connectivity index (χ0n) is 11.3. The van der Waals surface area contributed by atoms with Crippen molar-refractivity contribution < 1.29 is 9.72 Å². The highest BCUT2D eigenvalue weighted by Gasteiger charge is 2.18. The Morgan fingerprint density at radius 3 is 2.57 bits per heavy atom. The Labute approximate surface area is 121 Å². The number of hydrogen-bond donors (Lipinski definition) is 2.